The van der Waals surface area contributed by atoms with E-state index in [2.05, 4.69) is 0 Å². The van der Waals surface area contributed by atoms with Crippen molar-refractivity contribution in [3.63, 3.8) is 0 Å². The lowest BCUT2D eigenvalue weighted by atomic mass is 9.78. The van der Waals surface area contributed by atoms with Crippen molar-refractivity contribution in [3.05, 3.63) is 71.3 Å². The highest BCUT2D eigenvalue weighted by molar-refractivity contribution is 6.04. The van der Waals surface area contributed by atoms with E-state index in [9.17, 15) is 13.2 Å². The number of furan rings is 1. The number of halogens is 3. The summed E-state index contributed by atoms with van der Waals surface area (Å²) >= 11 is 0. The van der Waals surface area contributed by atoms with E-state index in [1.54, 1.807) is 0 Å². The molecule has 174 valence electrons. The molecule has 0 fully saturated rings. The second-order valence-electron chi connectivity index (χ2n) is 9.56. The summed E-state index contributed by atoms with van der Waals surface area (Å²) in [6.07, 6.45) is -5.12. The summed E-state index contributed by atoms with van der Waals surface area (Å²) < 4.78 is 45.5. The number of hydrogen-bond donors (Lipinski definition) is 0. The average Bonchev–Trinajstić information content (AvgIpc) is 3.18. The van der Waals surface area contributed by atoms with E-state index in [1.165, 1.54) is 0 Å². The summed E-state index contributed by atoms with van der Waals surface area (Å²) in [5.41, 5.74) is 6.15. The molecule has 0 aliphatic rings. The molecule has 0 unspecified atom stereocenters. The second kappa shape index (κ2) is 7.83. The van der Waals surface area contributed by atoms with Crippen LogP contribution in [0.4, 0.5) is 13.2 Å². The summed E-state index contributed by atoms with van der Waals surface area (Å²) in [7, 11) is 0. The molecular formula is C28H25F3N2O. The Kier molecular flexibility index (Phi) is 5.15. The summed E-state index contributed by atoms with van der Waals surface area (Å²) in [6.45, 7) is 7.65. The van der Waals surface area contributed by atoms with Crippen LogP contribution in [0.15, 0.2) is 59.0 Å². The second-order valence-corrected chi connectivity index (χ2v) is 9.56. The molecule has 3 nitrogen and oxygen atoms in total. The number of para-hydroxylation sites is 2. The van der Waals surface area contributed by atoms with Crippen LogP contribution in [0.3, 0.4) is 0 Å². The molecule has 0 atom stereocenters. The van der Waals surface area contributed by atoms with Crippen LogP contribution in [0, 0.1) is 13.8 Å². The Balaban J connectivity index is 1.80. The molecule has 0 amide bonds. The van der Waals surface area contributed by atoms with Gasteiger partial charge in [-0.1, -0.05) is 44.2 Å². The van der Waals surface area contributed by atoms with Crippen molar-refractivity contribution in [1.29, 1.82) is 0 Å². The quantitative estimate of drug-likeness (QED) is 0.269. The van der Waals surface area contributed by atoms with Gasteiger partial charge in [-0.3, -0.25) is 0 Å². The van der Waals surface area contributed by atoms with E-state index in [0.29, 0.717) is 11.4 Å². The highest BCUT2D eigenvalue weighted by Gasteiger charge is 2.34. The highest BCUT2D eigenvalue weighted by atomic mass is 19.4. The van der Waals surface area contributed by atoms with Crippen LogP contribution in [0.1, 0.15) is 43.4 Å². The first-order chi connectivity index (χ1) is 16.0. The minimum absolute atomic E-state index is 0.0432. The van der Waals surface area contributed by atoms with Crippen molar-refractivity contribution in [1.82, 2.24) is 9.97 Å². The third-order valence-electron chi connectivity index (χ3n) is 6.76. The SMILES string of the molecule is Cc1c(-c2nc3ccccc3cc2C(C)(C)CCC(F)(F)F)nc2c(oc3ccccc32)c1C. The molecule has 2 aromatic carbocycles. The third-order valence-corrected chi connectivity index (χ3v) is 6.76. The molecule has 5 aromatic rings. The van der Waals surface area contributed by atoms with Gasteiger partial charge < -0.3 is 4.42 Å². The van der Waals surface area contributed by atoms with Crippen molar-refractivity contribution < 1.29 is 17.6 Å². The van der Waals surface area contributed by atoms with Crippen molar-refractivity contribution in [2.24, 2.45) is 0 Å². The van der Waals surface area contributed by atoms with Gasteiger partial charge >= 0.3 is 6.18 Å². The summed E-state index contributed by atoms with van der Waals surface area (Å²) in [5, 5.41) is 1.80. The zero-order valence-corrected chi connectivity index (χ0v) is 19.5. The fourth-order valence-electron chi connectivity index (χ4n) is 4.57. The van der Waals surface area contributed by atoms with Gasteiger partial charge in [0.15, 0.2) is 5.58 Å². The van der Waals surface area contributed by atoms with Crippen molar-refractivity contribution in [2.75, 3.05) is 0 Å². The fourth-order valence-corrected chi connectivity index (χ4v) is 4.57. The predicted octanol–water partition coefficient (Wildman–Crippen LogP) is 8.43. The molecule has 0 radical (unpaired) electrons. The van der Waals surface area contributed by atoms with Gasteiger partial charge in [-0.05, 0) is 66.6 Å². The number of aromatic nitrogens is 2. The van der Waals surface area contributed by atoms with Crippen LogP contribution in [0.5, 0.6) is 0 Å². The molecule has 0 bridgehead atoms. The molecule has 0 spiro atoms. The molecule has 5 rings (SSSR count). The first kappa shape index (κ1) is 22.4. The minimum Gasteiger partial charge on any atom is -0.454 e. The van der Waals surface area contributed by atoms with E-state index < -0.39 is 18.0 Å². The van der Waals surface area contributed by atoms with Gasteiger partial charge in [0.1, 0.15) is 11.1 Å². The largest absolute Gasteiger partial charge is 0.454 e. The minimum atomic E-state index is -4.22. The van der Waals surface area contributed by atoms with Gasteiger partial charge in [0.25, 0.3) is 0 Å². The maximum Gasteiger partial charge on any atom is 0.389 e. The smallest absolute Gasteiger partial charge is 0.389 e. The predicted molar refractivity (Wildman–Crippen MR) is 130 cm³/mol. The van der Waals surface area contributed by atoms with Crippen molar-refractivity contribution in [3.8, 4) is 11.4 Å². The van der Waals surface area contributed by atoms with E-state index >= 15 is 0 Å². The van der Waals surface area contributed by atoms with Crippen molar-refractivity contribution in [2.45, 2.75) is 52.1 Å². The summed E-state index contributed by atoms with van der Waals surface area (Å²) in [6, 6.07) is 17.4. The zero-order valence-electron chi connectivity index (χ0n) is 19.5. The van der Waals surface area contributed by atoms with Crippen molar-refractivity contribution >= 4 is 33.0 Å². The molecule has 6 heteroatoms. The Bertz CT molecular complexity index is 1550. The molecule has 0 N–H and O–H groups in total. The van der Waals surface area contributed by atoms with Crippen LogP contribution >= 0.6 is 0 Å². The number of hydrogen-bond acceptors (Lipinski definition) is 3. The molecule has 0 aliphatic heterocycles. The molecule has 34 heavy (non-hydrogen) atoms. The number of benzene rings is 2. The van der Waals surface area contributed by atoms with Gasteiger partial charge in [0.2, 0.25) is 0 Å². The number of pyridine rings is 2. The van der Waals surface area contributed by atoms with Gasteiger partial charge in [0.05, 0.1) is 16.9 Å². The topological polar surface area (TPSA) is 38.9 Å². The molecule has 0 saturated heterocycles. The normalized spacial score (nSPS) is 12.8. The molecular weight excluding hydrogens is 437 g/mol. The van der Waals surface area contributed by atoms with Gasteiger partial charge in [-0.15, -0.1) is 0 Å². The number of alkyl halides is 3. The van der Waals surface area contributed by atoms with E-state index in [4.69, 9.17) is 14.4 Å². The fraction of sp³-hybridized carbons (Fsp3) is 0.286. The Morgan fingerprint density at radius 1 is 0.824 bits per heavy atom. The molecule has 0 aliphatic carbocycles. The standard InChI is InChI=1S/C28H25F3N2O/c1-16-17(2)26-24(19-10-6-8-12-22(19)34-26)33-23(16)25-20(27(3,4)13-14-28(29,30)31)15-18-9-5-7-11-21(18)32-25/h5-12,15H,13-14H2,1-4H3. The Morgan fingerprint density at radius 3 is 2.29 bits per heavy atom. The maximum atomic E-state index is 13.1. The van der Waals surface area contributed by atoms with Crippen LogP contribution in [-0.2, 0) is 5.41 Å². The Labute approximate surface area is 195 Å². The number of nitrogens with zero attached hydrogens (tertiary/aromatic N) is 2. The summed E-state index contributed by atoms with van der Waals surface area (Å²) in [4.78, 5) is 9.96. The highest BCUT2D eigenvalue weighted by Crippen LogP contribution is 2.41. The average molecular weight is 463 g/mol. The third kappa shape index (κ3) is 3.81. The lowest BCUT2D eigenvalue weighted by Gasteiger charge is -2.28. The van der Waals surface area contributed by atoms with Gasteiger partial charge in [0, 0.05) is 17.2 Å². The number of aryl methyl sites for hydroxylation is 1. The van der Waals surface area contributed by atoms with Gasteiger partial charge in [-0.2, -0.15) is 13.2 Å². The lowest BCUT2D eigenvalue weighted by Crippen LogP contribution is -2.23. The first-order valence-corrected chi connectivity index (χ1v) is 11.3. The van der Waals surface area contributed by atoms with Crippen LogP contribution in [0.25, 0.3) is 44.4 Å². The Morgan fingerprint density at radius 2 is 1.53 bits per heavy atom. The lowest BCUT2D eigenvalue weighted by molar-refractivity contribution is -0.138. The van der Waals surface area contributed by atoms with E-state index in [-0.39, 0.29) is 6.42 Å². The van der Waals surface area contributed by atoms with Crippen LogP contribution in [-0.4, -0.2) is 16.1 Å². The zero-order chi connectivity index (χ0) is 24.3. The number of rotatable bonds is 4. The Hall–Kier alpha value is -3.41. The number of fused-ring (bicyclic) bond motifs is 4. The molecule has 3 aromatic heterocycles. The first-order valence-electron chi connectivity index (χ1n) is 11.3. The maximum absolute atomic E-state index is 13.1. The molecule has 0 saturated carbocycles. The van der Waals surface area contributed by atoms with E-state index in [0.717, 1.165) is 49.7 Å². The van der Waals surface area contributed by atoms with Crippen LogP contribution in [0.2, 0.25) is 0 Å². The van der Waals surface area contributed by atoms with Crippen LogP contribution < -0.4 is 0 Å². The summed E-state index contributed by atoms with van der Waals surface area (Å²) in [5.74, 6) is 0. The monoisotopic (exact) mass is 462 g/mol. The van der Waals surface area contributed by atoms with Gasteiger partial charge in [-0.25, -0.2) is 9.97 Å². The van der Waals surface area contributed by atoms with E-state index in [1.807, 2.05) is 82.3 Å². The molecule has 3 heterocycles.